The quantitative estimate of drug-likeness (QED) is 0.523. The molecule has 1 aromatic heterocycles. The van der Waals surface area contributed by atoms with Crippen molar-refractivity contribution in [3.8, 4) is 0 Å². The van der Waals surface area contributed by atoms with Crippen LogP contribution in [-0.2, 0) is 28.4 Å². The van der Waals surface area contributed by atoms with Gasteiger partial charge in [0.25, 0.3) is 0 Å². The van der Waals surface area contributed by atoms with E-state index < -0.39 is 0 Å². The van der Waals surface area contributed by atoms with Crippen molar-refractivity contribution in [3.05, 3.63) is 46.7 Å². The van der Waals surface area contributed by atoms with Crippen LogP contribution in [0.4, 0.5) is 0 Å². The van der Waals surface area contributed by atoms with E-state index >= 15 is 0 Å². The van der Waals surface area contributed by atoms with Gasteiger partial charge in [-0.2, -0.15) is 0 Å². The molecule has 0 saturated heterocycles. The first-order valence-corrected chi connectivity index (χ1v) is 8.78. The van der Waals surface area contributed by atoms with Crippen LogP contribution in [0.15, 0.2) is 35.6 Å². The van der Waals surface area contributed by atoms with Crippen molar-refractivity contribution in [1.82, 2.24) is 14.9 Å². The lowest BCUT2D eigenvalue weighted by Gasteiger charge is -2.11. The first kappa shape index (κ1) is 18.8. The molecule has 1 aromatic carbocycles. The lowest BCUT2D eigenvalue weighted by Crippen LogP contribution is -2.31. The Bertz CT molecular complexity index is 678. The summed E-state index contributed by atoms with van der Waals surface area (Å²) in [6.45, 7) is 0.843. The van der Waals surface area contributed by atoms with Crippen LogP contribution >= 0.6 is 23.4 Å². The van der Waals surface area contributed by atoms with Gasteiger partial charge in [0.2, 0.25) is 5.91 Å². The van der Waals surface area contributed by atoms with Crippen molar-refractivity contribution in [1.29, 1.82) is 0 Å². The second-order valence-electron chi connectivity index (χ2n) is 5.04. The number of benzene rings is 1. The summed E-state index contributed by atoms with van der Waals surface area (Å²) in [5.41, 5.74) is 1.67. The molecule has 130 valence electrons. The predicted molar refractivity (Wildman–Crippen MR) is 94.0 cm³/mol. The molecule has 6 nitrogen and oxygen atoms in total. The van der Waals surface area contributed by atoms with E-state index in [0.29, 0.717) is 34.8 Å². The predicted octanol–water partition coefficient (Wildman–Crippen LogP) is 2.08. The molecule has 2 aromatic rings. The van der Waals surface area contributed by atoms with Crippen molar-refractivity contribution in [2.45, 2.75) is 24.1 Å². The highest BCUT2D eigenvalue weighted by atomic mass is 35.5. The molecule has 0 radical (unpaired) electrons. The minimum absolute atomic E-state index is 0.109. The number of hydrogen-bond donors (Lipinski definition) is 2. The minimum Gasteiger partial charge on any atom is -0.390 e. The first-order chi connectivity index (χ1) is 11.6. The van der Waals surface area contributed by atoms with Crippen LogP contribution in [0.5, 0.6) is 0 Å². The van der Waals surface area contributed by atoms with E-state index in [1.807, 2.05) is 24.3 Å². The summed E-state index contributed by atoms with van der Waals surface area (Å²) in [7, 11) is 1.58. The summed E-state index contributed by atoms with van der Waals surface area (Å²) in [5, 5.41) is 13.6. The van der Waals surface area contributed by atoms with Gasteiger partial charge in [0.05, 0.1) is 25.1 Å². The van der Waals surface area contributed by atoms with Crippen molar-refractivity contribution >= 4 is 29.3 Å². The highest BCUT2D eigenvalue weighted by Crippen LogP contribution is 2.24. The van der Waals surface area contributed by atoms with Crippen molar-refractivity contribution in [3.63, 3.8) is 0 Å². The number of imidazole rings is 1. The molecule has 24 heavy (non-hydrogen) atoms. The van der Waals surface area contributed by atoms with Crippen molar-refractivity contribution in [2.24, 2.45) is 0 Å². The maximum absolute atomic E-state index is 12.0. The molecule has 8 heteroatoms. The summed E-state index contributed by atoms with van der Waals surface area (Å²) in [5.74, 6) is 0.526. The molecule has 2 rings (SSSR count). The zero-order chi connectivity index (χ0) is 17.4. The van der Waals surface area contributed by atoms with Gasteiger partial charge >= 0.3 is 0 Å². The molecule has 0 atom stereocenters. The Morgan fingerprint density at radius 3 is 3.04 bits per heavy atom. The summed E-state index contributed by atoms with van der Waals surface area (Å²) < 4.78 is 6.62. The fourth-order valence-corrected chi connectivity index (χ4v) is 3.22. The van der Waals surface area contributed by atoms with E-state index in [9.17, 15) is 9.90 Å². The number of aliphatic hydroxyl groups excluding tert-OH is 1. The number of ether oxygens (including phenoxy) is 1. The third-order valence-corrected chi connectivity index (χ3v) is 4.55. The molecular formula is C16H20ClN3O3S. The van der Waals surface area contributed by atoms with Gasteiger partial charge < -0.3 is 19.7 Å². The third-order valence-electron chi connectivity index (χ3n) is 3.25. The van der Waals surface area contributed by atoms with E-state index in [-0.39, 0.29) is 19.1 Å². The van der Waals surface area contributed by atoms with Gasteiger partial charge in [0.1, 0.15) is 6.54 Å². The van der Waals surface area contributed by atoms with Gasteiger partial charge in [-0.05, 0) is 17.7 Å². The molecule has 0 bridgehead atoms. The Morgan fingerprint density at radius 2 is 2.33 bits per heavy atom. The molecule has 1 amide bonds. The standard InChI is InChI=1S/C16H20ClN3O3S/c1-23-6-5-18-15(22)9-20-14(10-21)8-19-16(20)24-11-12-3-2-4-13(17)7-12/h2-4,7-8,21H,5-6,9-11H2,1H3,(H,18,22). The van der Waals surface area contributed by atoms with Crippen LogP contribution in [0.2, 0.25) is 5.02 Å². The average Bonchev–Trinajstić information content (AvgIpc) is 2.95. The fraction of sp³-hybridized carbons (Fsp3) is 0.375. The van der Waals surface area contributed by atoms with Crippen LogP contribution < -0.4 is 5.32 Å². The molecule has 0 fully saturated rings. The molecule has 0 aliphatic heterocycles. The fourth-order valence-electron chi connectivity index (χ4n) is 2.07. The average molecular weight is 370 g/mol. The van der Waals surface area contributed by atoms with E-state index in [4.69, 9.17) is 16.3 Å². The second kappa shape index (κ2) is 9.68. The molecule has 1 heterocycles. The molecule has 0 unspecified atom stereocenters. The van der Waals surface area contributed by atoms with E-state index in [1.165, 1.54) is 11.8 Å². The van der Waals surface area contributed by atoms with Gasteiger partial charge in [-0.3, -0.25) is 4.79 Å². The third kappa shape index (κ3) is 5.52. The molecule has 0 saturated carbocycles. The number of halogens is 1. The van der Waals surface area contributed by atoms with Gasteiger partial charge in [-0.25, -0.2) is 4.98 Å². The molecule has 0 aliphatic rings. The maximum Gasteiger partial charge on any atom is 0.240 e. The Hall–Kier alpha value is -1.54. The number of nitrogens with zero attached hydrogens (tertiary/aromatic N) is 2. The normalized spacial score (nSPS) is 10.8. The topological polar surface area (TPSA) is 76.4 Å². The highest BCUT2D eigenvalue weighted by molar-refractivity contribution is 7.98. The number of carbonyl (C=O) groups excluding carboxylic acids is 1. The van der Waals surface area contributed by atoms with Gasteiger partial charge in [-0.15, -0.1) is 0 Å². The number of hydrogen-bond acceptors (Lipinski definition) is 5. The monoisotopic (exact) mass is 369 g/mol. The summed E-state index contributed by atoms with van der Waals surface area (Å²) in [6.07, 6.45) is 1.59. The van der Waals surface area contributed by atoms with E-state index in [1.54, 1.807) is 17.9 Å². The van der Waals surface area contributed by atoms with Crippen LogP contribution in [0.25, 0.3) is 0 Å². The maximum atomic E-state index is 12.0. The number of methoxy groups -OCH3 is 1. The second-order valence-corrected chi connectivity index (χ2v) is 6.42. The number of aliphatic hydroxyl groups is 1. The Balaban J connectivity index is 2.02. The molecular weight excluding hydrogens is 350 g/mol. The Morgan fingerprint density at radius 1 is 1.50 bits per heavy atom. The Kier molecular flexibility index (Phi) is 7.58. The van der Waals surface area contributed by atoms with Crippen LogP contribution in [-0.4, -0.2) is 40.8 Å². The number of thioether (sulfide) groups is 1. The smallest absolute Gasteiger partial charge is 0.240 e. The van der Waals surface area contributed by atoms with Crippen molar-refractivity contribution < 1.29 is 14.6 Å². The molecule has 0 spiro atoms. The zero-order valence-electron chi connectivity index (χ0n) is 13.4. The SMILES string of the molecule is COCCNC(=O)Cn1c(CO)cnc1SCc1cccc(Cl)c1. The van der Waals surface area contributed by atoms with Crippen LogP contribution in [0.1, 0.15) is 11.3 Å². The van der Waals surface area contributed by atoms with Crippen LogP contribution in [0.3, 0.4) is 0 Å². The van der Waals surface area contributed by atoms with E-state index in [2.05, 4.69) is 10.3 Å². The van der Waals surface area contributed by atoms with Gasteiger partial charge in [0.15, 0.2) is 5.16 Å². The highest BCUT2D eigenvalue weighted by Gasteiger charge is 2.13. The summed E-state index contributed by atoms with van der Waals surface area (Å²) in [6, 6.07) is 7.60. The minimum atomic E-state index is -0.171. The lowest BCUT2D eigenvalue weighted by atomic mass is 10.2. The van der Waals surface area contributed by atoms with Gasteiger partial charge in [-0.1, -0.05) is 35.5 Å². The molecule has 0 aliphatic carbocycles. The summed E-state index contributed by atoms with van der Waals surface area (Å²) >= 11 is 7.48. The van der Waals surface area contributed by atoms with Crippen molar-refractivity contribution in [2.75, 3.05) is 20.3 Å². The summed E-state index contributed by atoms with van der Waals surface area (Å²) in [4.78, 5) is 16.3. The van der Waals surface area contributed by atoms with E-state index in [0.717, 1.165) is 5.56 Å². The molecule has 2 N–H and O–H groups in total. The number of aromatic nitrogens is 2. The van der Waals surface area contributed by atoms with Gasteiger partial charge in [0, 0.05) is 24.4 Å². The number of amides is 1. The number of nitrogens with one attached hydrogen (secondary N) is 1. The zero-order valence-corrected chi connectivity index (χ0v) is 14.9. The lowest BCUT2D eigenvalue weighted by molar-refractivity contribution is -0.122. The number of rotatable bonds is 9. The first-order valence-electron chi connectivity index (χ1n) is 7.42. The number of carbonyl (C=O) groups is 1. The largest absolute Gasteiger partial charge is 0.390 e. The van der Waals surface area contributed by atoms with Crippen LogP contribution in [0, 0.1) is 0 Å². The Labute approximate surface area is 150 Å².